The van der Waals surface area contributed by atoms with Crippen molar-refractivity contribution in [3.8, 4) is 0 Å². The molecule has 2 unspecified atom stereocenters. The zero-order valence-corrected chi connectivity index (χ0v) is 11.4. The highest BCUT2D eigenvalue weighted by Crippen LogP contribution is 2.31. The van der Waals surface area contributed by atoms with Crippen LogP contribution in [-0.4, -0.2) is 40.8 Å². The molecule has 1 saturated heterocycles. The molecular weight excluding hydrogens is 266 g/mol. The van der Waals surface area contributed by atoms with Gasteiger partial charge in [-0.1, -0.05) is 23.7 Å². The molecule has 0 bridgehead atoms. The quantitative estimate of drug-likeness (QED) is 0.863. The van der Waals surface area contributed by atoms with E-state index < -0.39 is 0 Å². The number of likely N-dealkylation sites (tertiary alicyclic amines) is 1. The van der Waals surface area contributed by atoms with Gasteiger partial charge in [-0.2, -0.15) is 0 Å². The number of nitrogens with zero attached hydrogens (tertiary/aromatic N) is 1. The lowest BCUT2D eigenvalue weighted by molar-refractivity contribution is -0.130. The van der Waals surface area contributed by atoms with Crippen LogP contribution in [0.1, 0.15) is 24.4 Å². The second-order valence-electron chi connectivity index (χ2n) is 4.88. The van der Waals surface area contributed by atoms with Crippen molar-refractivity contribution in [2.45, 2.75) is 18.9 Å². The zero-order valence-electron chi connectivity index (χ0n) is 10.6. The Balaban J connectivity index is 2.20. The lowest BCUT2D eigenvalue weighted by Crippen LogP contribution is -2.31. The molecule has 0 aliphatic carbocycles. The number of rotatable bonds is 5. The molecule has 0 aromatic heterocycles. The Hall–Kier alpha value is -1.10. The molecule has 0 spiro atoms. The number of halogens is 1. The van der Waals surface area contributed by atoms with E-state index in [-0.39, 0.29) is 31.1 Å². The minimum Gasteiger partial charge on any atom is -0.396 e. The molecule has 104 valence electrons. The Morgan fingerprint density at radius 1 is 1.32 bits per heavy atom. The number of hydrogen-bond donors (Lipinski definition) is 2. The van der Waals surface area contributed by atoms with E-state index in [2.05, 4.69) is 0 Å². The predicted molar refractivity (Wildman–Crippen MR) is 72.8 cm³/mol. The number of aliphatic hydroxyl groups is 2. The van der Waals surface area contributed by atoms with Gasteiger partial charge in [0.05, 0.1) is 6.04 Å². The summed E-state index contributed by atoms with van der Waals surface area (Å²) in [4.78, 5) is 13.8. The van der Waals surface area contributed by atoms with Crippen LogP contribution in [0.3, 0.4) is 0 Å². The van der Waals surface area contributed by atoms with Gasteiger partial charge in [0.15, 0.2) is 0 Å². The first-order valence-electron chi connectivity index (χ1n) is 6.42. The van der Waals surface area contributed by atoms with Crippen LogP contribution in [0.15, 0.2) is 24.3 Å². The molecule has 2 rings (SSSR count). The van der Waals surface area contributed by atoms with Gasteiger partial charge in [-0.25, -0.2) is 0 Å². The van der Waals surface area contributed by atoms with E-state index in [9.17, 15) is 15.0 Å². The Labute approximate surface area is 117 Å². The Bertz CT molecular complexity index is 435. The highest BCUT2D eigenvalue weighted by molar-refractivity contribution is 6.30. The Morgan fingerprint density at radius 2 is 2.00 bits per heavy atom. The fourth-order valence-electron chi connectivity index (χ4n) is 2.54. The van der Waals surface area contributed by atoms with Crippen molar-refractivity contribution in [1.82, 2.24) is 4.90 Å². The van der Waals surface area contributed by atoms with Crippen LogP contribution < -0.4 is 0 Å². The number of benzene rings is 1. The van der Waals surface area contributed by atoms with Gasteiger partial charge in [0.25, 0.3) is 0 Å². The standard InChI is InChI=1S/C14H18ClNO3/c15-12-3-1-11(2-4-12)13(5-6-17)16-8-10(9-18)7-14(16)19/h1-4,10,13,17-18H,5-9H2. The first-order valence-corrected chi connectivity index (χ1v) is 6.80. The molecule has 1 aliphatic heterocycles. The number of hydrogen-bond acceptors (Lipinski definition) is 3. The monoisotopic (exact) mass is 283 g/mol. The van der Waals surface area contributed by atoms with Gasteiger partial charge in [0, 0.05) is 37.1 Å². The fraction of sp³-hybridized carbons (Fsp3) is 0.500. The lowest BCUT2D eigenvalue weighted by Gasteiger charge is -2.28. The molecule has 19 heavy (non-hydrogen) atoms. The Morgan fingerprint density at radius 3 is 2.53 bits per heavy atom. The SMILES string of the molecule is O=C1CC(CO)CN1C(CCO)c1ccc(Cl)cc1. The molecule has 0 radical (unpaired) electrons. The van der Waals surface area contributed by atoms with Crippen LogP contribution in [0.25, 0.3) is 0 Å². The summed E-state index contributed by atoms with van der Waals surface area (Å²) in [5, 5.41) is 19.0. The molecule has 1 aromatic rings. The van der Waals surface area contributed by atoms with Gasteiger partial charge in [-0.3, -0.25) is 4.79 Å². The number of aliphatic hydroxyl groups excluding tert-OH is 2. The normalized spacial score (nSPS) is 20.9. The molecule has 1 aliphatic rings. The van der Waals surface area contributed by atoms with Crippen molar-refractivity contribution in [2.75, 3.05) is 19.8 Å². The first-order chi connectivity index (χ1) is 9.15. The van der Waals surface area contributed by atoms with Gasteiger partial charge in [-0.15, -0.1) is 0 Å². The van der Waals surface area contributed by atoms with E-state index >= 15 is 0 Å². The second kappa shape index (κ2) is 6.37. The fourth-order valence-corrected chi connectivity index (χ4v) is 2.67. The van der Waals surface area contributed by atoms with Gasteiger partial charge >= 0.3 is 0 Å². The summed E-state index contributed by atoms with van der Waals surface area (Å²) in [5.74, 6) is 0.0356. The van der Waals surface area contributed by atoms with Crippen molar-refractivity contribution in [2.24, 2.45) is 5.92 Å². The molecule has 0 saturated carbocycles. The second-order valence-corrected chi connectivity index (χ2v) is 5.31. The van der Waals surface area contributed by atoms with Crippen molar-refractivity contribution in [3.63, 3.8) is 0 Å². The van der Waals surface area contributed by atoms with Crippen LogP contribution in [0.4, 0.5) is 0 Å². The molecule has 4 nitrogen and oxygen atoms in total. The largest absolute Gasteiger partial charge is 0.396 e. The van der Waals surface area contributed by atoms with E-state index in [0.29, 0.717) is 24.4 Å². The molecular formula is C14H18ClNO3. The molecule has 1 heterocycles. The lowest BCUT2D eigenvalue weighted by atomic mass is 10.0. The summed E-state index contributed by atoms with van der Waals surface area (Å²) in [6, 6.07) is 7.17. The summed E-state index contributed by atoms with van der Waals surface area (Å²) in [6.07, 6.45) is 0.873. The van der Waals surface area contributed by atoms with Gasteiger partial charge in [-0.05, 0) is 24.1 Å². The van der Waals surface area contributed by atoms with Gasteiger partial charge in [0.1, 0.15) is 0 Å². The summed E-state index contributed by atoms with van der Waals surface area (Å²) in [6.45, 7) is 0.582. The van der Waals surface area contributed by atoms with E-state index in [0.717, 1.165) is 5.56 Å². The number of carbonyl (C=O) groups is 1. The van der Waals surface area contributed by atoms with Crippen LogP contribution in [0, 0.1) is 5.92 Å². The van der Waals surface area contributed by atoms with Crippen molar-refractivity contribution < 1.29 is 15.0 Å². The van der Waals surface area contributed by atoms with E-state index in [4.69, 9.17) is 11.6 Å². The maximum absolute atomic E-state index is 12.0. The smallest absolute Gasteiger partial charge is 0.223 e. The third-order valence-electron chi connectivity index (χ3n) is 3.53. The van der Waals surface area contributed by atoms with Crippen LogP contribution in [-0.2, 0) is 4.79 Å². The van der Waals surface area contributed by atoms with E-state index in [1.807, 2.05) is 12.1 Å². The highest BCUT2D eigenvalue weighted by atomic mass is 35.5. The summed E-state index contributed by atoms with van der Waals surface area (Å²) < 4.78 is 0. The van der Waals surface area contributed by atoms with Gasteiger partial charge < -0.3 is 15.1 Å². The predicted octanol–water partition coefficient (Wildman–Crippen LogP) is 1.60. The zero-order chi connectivity index (χ0) is 13.8. The van der Waals surface area contributed by atoms with E-state index in [1.54, 1.807) is 17.0 Å². The molecule has 5 heteroatoms. The molecule has 1 amide bonds. The topological polar surface area (TPSA) is 60.8 Å². The number of amides is 1. The average molecular weight is 284 g/mol. The average Bonchev–Trinajstić information content (AvgIpc) is 2.78. The summed E-state index contributed by atoms with van der Waals surface area (Å²) >= 11 is 5.86. The van der Waals surface area contributed by atoms with Crippen LogP contribution in [0.5, 0.6) is 0 Å². The first kappa shape index (κ1) is 14.3. The molecule has 2 N–H and O–H groups in total. The molecule has 1 fully saturated rings. The summed E-state index contributed by atoms with van der Waals surface area (Å²) in [7, 11) is 0. The third-order valence-corrected chi connectivity index (χ3v) is 3.78. The minimum atomic E-state index is -0.147. The minimum absolute atomic E-state index is 0.000920. The number of carbonyl (C=O) groups excluding carboxylic acids is 1. The maximum Gasteiger partial charge on any atom is 0.223 e. The van der Waals surface area contributed by atoms with Crippen LogP contribution in [0.2, 0.25) is 5.02 Å². The van der Waals surface area contributed by atoms with Crippen LogP contribution >= 0.6 is 11.6 Å². The molecule has 2 atom stereocenters. The Kier molecular flexibility index (Phi) is 4.80. The highest BCUT2D eigenvalue weighted by Gasteiger charge is 2.34. The van der Waals surface area contributed by atoms with Crippen molar-refractivity contribution in [3.05, 3.63) is 34.9 Å². The molecule has 1 aromatic carbocycles. The third kappa shape index (κ3) is 3.26. The summed E-state index contributed by atoms with van der Waals surface area (Å²) in [5.41, 5.74) is 0.963. The van der Waals surface area contributed by atoms with Gasteiger partial charge in [0.2, 0.25) is 5.91 Å². The maximum atomic E-state index is 12.0. The van der Waals surface area contributed by atoms with E-state index in [1.165, 1.54) is 0 Å². The van der Waals surface area contributed by atoms with Crippen molar-refractivity contribution in [1.29, 1.82) is 0 Å². The van der Waals surface area contributed by atoms with Crippen molar-refractivity contribution >= 4 is 17.5 Å².